The predicted octanol–water partition coefficient (Wildman–Crippen LogP) is 6.78. The summed E-state index contributed by atoms with van der Waals surface area (Å²) >= 11 is 0. The lowest BCUT2D eigenvalue weighted by atomic mass is 9.86. The van der Waals surface area contributed by atoms with Gasteiger partial charge in [-0.25, -0.2) is 0 Å². The minimum Gasteiger partial charge on any atom is -0.508 e. The topological polar surface area (TPSA) is 107 Å². The number of phenols is 3. The number of carbonyl (C=O) groups is 1. The van der Waals surface area contributed by atoms with Gasteiger partial charge in [-0.2, -0.15) is 0 Å². The molecule has 0 saturated carbocycles. The van der Waals surface area contributed by atoms with Crippen LogP contribution < -0.4 is 4.74 Å². The van der Waals surface area contributed by atoms with Crippen LogP contribution >= 0.6 is 0 Å². The van der Waals surface area contributed by atoms with Crippen LogP contribution in [0, 0.1) is 0 Å². The SMILES string of the molecule is COc1cc(O)c([C@H](C=CC[C@@H](O)CCc2ccccc2)c2ccc(O)cc2)c(O)c1C(=O)C=Cc1ccccc1. The third kappa shape index (κ3) is 7.65. The number of hydrogen-bond donors (Lipinski definition) is 4. The van der Waals surface area contributed by atoms with Gasteiger partial charge in [0.1, 0.15) is 28.6 Å². The van der Waals surface area contributed by atoms with Gasteiger partial charge >= 0.3 is 0 Å². The Labute approximate surface area is 240 Å². The average molecular weight is 551 g/mol. The second-order valence-corrected chi connectivity index (χ2v) is 9.75. The Morgan fingerprint density at radius 2 is 1.56 bits per heavy atom. The molecule has 0 amide bonds. The fraction of sp³-hybridized carbons (Fsp3) is 0.171. The molecule has 4 aromatic rings. The summed E-state index contributed by atoms with van der Waals surface area (Å²) in [4.78, 5) is 13.3. The minimum atomic E-state index is -0.688. The van der Waals surface area contributed by atoms with Gasteiger partial charge in [0, 0.05) is 17.5 Å². The molecule has 0 fully saturated rings. The van der Waals surface area contributed by atoms with Crippen LogP contribution in [0.1, 0.15) is 51.4 Å². The van der Waals surface area contributed by atoms with Crippen LogP contribution in [0.4, 0.5) is 0 Å². The van der Waals surface area contributed by atoms with Crippen molar-refractivity contribution in [2.24, 2.45) is 0 Å². The van der Waals surface area contributed by atoms with E-state index < -0.39 is 23.6 Å². The first-order valence-corrected chi connectivity index (χ1v) is 13.4. The third-order valence-corrected chi connectivity index (χ3v) is 6.88. The highest BCUT2D eigenvalue weighted by Crippen LogP contribution is 2.45. The van der Waals surface area contributed by atoms with Crippen molar-refractivity contribution in [3.63, 3.8) is 0 Å². The maximum absolute atomic E-state index is 13.3. The van der Waals surface area contributed by atoms with E-state index >= 15 is 0 Å². The van der Waals surface area contributed by atoms with Crippen LogP contribution in [0.2, 0.25) is 0 Å². The molecule has 2 atom stereocenters. The van der Waals surface area contributed by atoms with Crippen molar-refractivity contribution in [1.82, 2.24) is 0 Å². The highest BCUT2D eigenvalue weighted by Gasteiger charge is 2.27. The summed E-state index contributed by atoms with van der Waals surface area (Å²) in [5.74, 6) is -1.73. The lowest BCUT2D eigenvalue weighted by Gasteiger charge is -2.20. The van der Waals surface area contributed by atoms with Crippen molar-refractivity contribution < 1.29 is 30.0 Å². The molecule has 0 spiro atoms. The van der Waals surface area contributed by atoms with Gasteiger partial charge in [0.15, 0.2) is 5.78 Å². The number of benzene rings is 4. The first-order chi connectivity index (χ1) is 19.9. The number of phenolic OH excluding ortho intramolecular Hbond substituents is 3. The van der Waals surface area contributed by atoms with Crippen molar-refractivity contribution in [2.75, 3.05) is 7.11 Å². The maximum Gasteiger partial charge on any atom is 0.193 e. The second-order valence-electron chi connectivity index (χ2n) is 9.75. The second kappa shape index (κ2) is 14.0. The molecule has 0 bridgehead atoms. The van der Waals surface area contributed by atoms with Crippen molar-refractivity contribution in [3.8, 4) is 23.0 Å². The molecule has 6 heteroatoms. The van der Waals surface area contributed by atoms with Crippen molar-refractivity contribution >= 4 is 11.9 Å². The van der Waals surface area contributed by atoms with Gasteiger partial charge in [-0.15, -0.1) is 0 Å². The molecule has 6 nitrogen and oxygen atoms in total. The highest BCUT2D eigenvalue weighted by molar-refractivity contribution is 6.11. The Morgan fingerprint density at radius 1 is 0.902 bits per heavy atom. The zero-order valence-corrected chi connectivity index (χ0v) is 22.9. The van der Waals surface area contributed by atoms with E-state index in [0.29, 0.717) is 18.4 Å². The Balaban J connectivity index is 1.66. The number of allylic oxidation sites excluding steroid dienone is 2. The number of ketones is 1. The smallest absolute Gasteiger partial charge is 0.193 e. The lowest BCUT2D eigenvalue weighted by molar-refractivity contribution is 0.104. The average Bonchev–Trinajstić information content (AvgIpc) is 2.99. The van der Waals surface area contributed by atoms with E-state index in [1.54, 1.807) is 30.4 Å². The maximum atomic E-state index is 13.3. The standard InChI is InChI=1S/C35H34O6/c1-41-32-23-31(39)33(35(40)34(32)30(38)22-16-25-11-6-3-7-12-25)29(26-17-20-28(37)21-18-26)14-8-13-27(36)19-15-24-9-4-2-5-10-24/h2-12,14,16-18,20-23,27,29,36-37,39-40H,13,15,19H2,1H3/t27-,29-/m1/s1. The van der Waals surface area contributed by atoms with E-state index in [-0.39, 0.29) is 28.4 Å². The van der Waals surface area contributed by atoms with E-state index in [9.17, 15) is 25.2 Å². The molecule has 4 N–H and O–H groups in total. The van der Waals surface area contributed by atoms with Crippen LogP contribution in [-0.4, -0.2) is 39.4 Å². The fourth-order valence-corrected chi connectivity index (χ4v) is 4.70. The summed E-state index contributed by atoms with van der Waals surface area (Å²) in [7, 11) is 1.36. The summed E-state index contributed by atoms with van der Waals surface area (Å²) in [6.07, 6.45) is 7.63. The summed E-state index contributed by atoms with van der Waals surface area (Å²) in [6.45, 7) is 0. The molecular weight excluding hydrogens is 516 g/mol. The molecule has 0 aliphatic rings. The molecular formula is C35H34O6. The molecule has 4 aromatic carbocycles. The molecule has 0 heterocycles. The van der Waals surface area contributed by atoms with Gasteiger partial charge in [0.2, 0.25) is 0 Å². The molecule has 41 heavy (non-hydrogen) atoms. The number of aromatic hydroxyl groups is 3. The zero-order chi connectivity index (χ0) is 29.2. The van der Waals surface area contributed by atoms with Crippen LogP contribution in [0.3, 0.4) is 0 Å². The predicted molar refractivity (Wildman–Crippen MR) is 161 cm³/mol. The third-order valence-electron chi connectivity index (χ3n) is 6.88. The number of rotatable bonds is 12. The Hall–Kier alpha value is -4.81. The Morgan fingerprint density at radius 3 is 2.22 bits per heavy atom. The number of ether oxygens (including phenoxy) is 1. The first kappa shape index (κ1) is 29.2. The zero-order valence-electron chi connectivity index (χ0n) is 22.9. The van der Waals surface area contributed by atoms with Gasteiger partial charge in [0.05, 0.1) is 13.2 Å². The highest BCUT2D eigenvalue weighted by atomic mass is 16.5. The summed E-state index contributed by atoms with van der Waals surface area (Å²) in [5, 5.41) is 42.9. The molecule has 4 rings (SSSR count). The first-order valence-electron chi connectivity index (χ1n) is 13.4. The summed E-state index contributed by atoms with van der Waals surface area (Å²) < 4.78 is 5.35. The van der Waals surface area contributed by atoms with Gasteiger partial charge in [-0.1, -0.05) is 91.0 Å². The Kier molecular flexibility index (Phi) is 9.97. The van der Waals surface area contributed by atoms with Gasteiger partial charge in [-0.05, 0) is 54.2 Å². The van der Waals surface area contributed by atoms with Crippen molar-refractivity contribution in [1.29, 1.82) is 0 Å². The fourth-order valence-electron chi connectivity index (χ4n) is 4.70. The van der Waals surface area contributed by atoms with E-state index in [1.165, 1.54) is 31.4 Å². The number of carbonyl (C=O) groups excluding carboxylic acids is 1. The van der Waals surface area contributed by atoms with Gasteiger partial charge in [0.25, 0.3) is 0 Å². The lowest BCUT2D eigenvalue weighted by Crippen LogP contribution is -2.08. The van der Waals surface area contributed by atoms with Crippen LogP contribution in [0.5, 0.6) is 23.0 Å². The molecule has 0 radical (unpaired) electrons. The van der Waals surface area contributed by atoms with E-state index in [2.05, 4.69) is 0 Å². The number of aryl methyl sites for hydroxylation is 1. The minimum absolute atomic E-state index is 0.0382. The Bertz CT molecular complexity index is 1490. The summed E-state index contributed by atoms with van der Waals surface area (Å²) in [6, 6.07) is 26.9. The number of hydrogen-bond acceptors (Lipinski definition) is 6. The number of methoxy groups -OCH3 is 1. The normalized spacial score (nSPS) is 12.9. The van der Waals surface area contributed by atoms with E-state index in [1.807, 2.05) is 60.7 Å². The monoisotopic (exact) mass is 550 g/mol. The quantitative estimate of drug-likeness (QED) is 0.0880. The van der Waals surface area contributed by atoms with E-state index in [4.69, 9.17) is 4.74 Å². The number of aliphatic hydroxyl groups excluding tert-OH is 1. The molecule has 0 aliphatic carbocycles. The molecule has 210 valence electrons. The van der Waals surface area contributed by atoms with Gasteiger partial charge < -0.3 is 25.2 Å². The van der Waals surface area contributed by atoms with Crippen LogP contribution in [0.15, 0.2) is 109 Å². The van der Waals surface area contributed by atoms with Crippen molar-refractivity contribution in [3.05, 3.63) is 137 Å². The molecule has 0 saturated heterocycles. The van der Waals surface area contributed by atoms with Gasteiger partial charge in [-0.3, -0.25) is 4.79 Å². The van der Waals surface area contributed by atoms with Crippen molar-refractivity contribution in [2.45, 2.75) is 31.3 Å². The largest absolute Gasteiger partial charge is 0.508 e. The van der Waals surface area contributed by atoms with E-state index in [0.717, 1.165) is 17.5 Å². The van der Waals surface area contributed by atoms with Crippen LogP contribution in [-0.2, 0) is 6.42 Å². The number of aliphatic hydroxyl groups is 1. The molecule has 0 aromatic heterocycles. The molecule has 0 aliphatic heterocycles. The van der Waals surface area contributed by atoms with Crippen LogP contribution in [0.25, 0.3) is 6.08 Å². The summed E-state index contributed by atoms with van der Waals surface area (Å²) in [5.41, 5.74) is 2.65. The molecule has 0 unspecified atom stereocenters.